The van der Waals surface area contributed by atoms with Crippen LogP contribution in [-0.4, -0.2) is 34.0 Å². The Bertz CT molecular complexity index is 359. The summed E-state index contributed by atoms with van der Waals surface area (Å²) in [5, 5.41) is 12.7. The fraction of sp³-hybridized carbons (Fsp3) is 0.455. The molecule has 0 radical (unpaired) electrons. The summed E-state index contributed by atoms with van der Waals surface area (Å²) in [6.07, 6.45) is 0. The van der Waals surface area contributed by atoms with E-state index in [-0.39, 0.29) is 6.04 Å². The Morgan fingerprint density at radius 2 is 2.20 bits per heavy atom. The molecule has 0 aliphatic carbocycles. The summed E-state index contributed by atoms with van der Waals surface area (Å²) >= 11 is 1.58. The van der Waals surface area contributed by atoms with Crippen molar-refractivity contribution in [1.29, 1.82) is 0 Å². The molecule has 0 aromatic heterocycles. The highest BCUT2D eigenvalue weighted by atomic mass is 32.2. The van der Waals surface area contributed by atoms with Crippen molar-refractivity contribution in [3.8, 4) is 0 Å². The summed E-state index contributed by atoms with van der Waals surface area (Å²) in [5.41, 5.74) is 1.25. The maximum Gasteiger partial charge on any atom is 0.226 e. The van der Waals surface area contributed by atoms with Crippen LogP contribution in [0.25, 0.3) is 0 Å². The Kier molecular flexibility index (Phi) is 2.25. The fourth-order valence-corrected chi connectivity index (χ4v) is 3.43. The SMILES string of the molecule is OC12N[C@@H](c3ccccc3)CN1CCS2. The molecular formula is C11H14N2OS. The number of benzene rings is 1. The standard InChI is InChI=1S/C11H14N2OS/c14-11-12-10(8-13(11)6-7-15-11)9-4-2-1-3-5-9/h1-5,10,12,14H,6-8H2/t10-,11?/m1/s1. The third-order valence-corrected chi connectivity index (χ3v) is 4.23. The van der Waals surface area contributed by atoms with Crippen molar-refractivity contribution in [2.75, 3.05) is 18.8 Å². The van der Waals surface area contributed by atoms with Crippen molar-refractivity contribution in [1.82, 2.24) is 10.2 Å². The van der Waals surface area contributed by atoms with Gasteiger partial charge in [-0.1, -0.05) is 42.1 Å². The largest absolute Gasteiger partial charge is 0.354 e. The van der Waals surface area contributed by atoms with Crippen molar-refractivity contribution in [3.63, 3.8) is 0 Å². The molecule has 3 nitrogen and oxygen atoms in total. The van der Waals surface area contributed by atoms with Gasteiger partial charge in [0.1, 0.15) is 0 Å². The van der Waals surface area contributed by atoms with Crippen molar-refractivity contribution in [2.24, 2.45) is 0 Å². The highest BCUT2D eigenvalue weighted by Gasteiger charge is 2.47. The maximum atomic E-state index is 10.2. The number of nitrogens with zero attached hydrogens (tertiary/aromatic N) is 1. The number of nitrogens with one attached hydrogen (secondary N) is 1. The van der Waals surface area contributed by atoms with Gasteiger partial charge in [0.25, 0.3) is 0 Å². The molecule has 2 N–H and O–H groups in total. The minimum Gasteiger partial charge on any atom is -0.354 e. The molecule has 2 atom stereocenters. The molecule has 80 valence electrons. The van der Waals surface area contributed by atoms with Crippen LogP contribution >= 0.6 is 11.8 Å². The third-order valence-electron chi connectivity index (χ3n) is 3.06. The van der Waals surface area contributed by atoms with E-state index in [1.807, 2.05) is 18.2 Å². The second kappa shape index (κ2) is 3.49. The lowest BCUT2D eigenvalue weighted by Gasteiger charge is -2.23. The monoisotopic (exact) mass is 222 g/mol. The first-order valence-electron chi connectivity index (χ1n) is 5.22. The zero-order valence-corrected chi connectivity index (χ0v) is 9.20. The number of thioether (sulfide) groups is 1. The van der Waals surface area contributed by atoms with Crippen LogP contribution < -0.4 is 5.32 Å². The van der Waals surface area contributed by atoms with Crippen LogP contribution in [0.15, 0.2) is 30.3 Å². The topological polar surface area (TPSA) is 35.5 Å². The molecule has 2 aliphatic rings. The fourth-order valence-electron chi connectivity index (χ4n) is 2.26. The normalized spacial score (nSPS) is 35.7. The number of aliphatic hydroxyl groups is 1. The minimum atomic E-state index is -0.819. The Morgan fingerprint density at radius 3 is 2.93 bits per heavy atom. The van der Waals surface area contributed by atoms with Crippen molar-refractivity contribution in [2.45, 2.75) is 11.2 Å². The van der Waals surface area contributed by atoms with Gasteiger partial charge < -0.3 is 5.11 Å². The Balaban J connectivity index is 1.82. The van der Waals surface area contributed by atoms with Gasteiger partial charge in [-0.25, -0.2) is 0 Å². The predicted molar refractivity (Wildman–Crippen MR) is 61.3 cm³/mol. The molecule has 2 fully saturated rings. The van der Waals surface area contributed by atoms with Gasteiger partial charge in [-0.2, -0.15) is 0 Å². The van der Waals surface area contributed by atoms with Gasteiger partial charge in [0, 0.05) is 24.9 Å². The van der Waals surface area contributed by atoms with E-state index in [2.05, 4.69) is 22.3 Å². The van der Waals surface area contributed by atoms with Gasteiger partial charge in [0.2, 0.25) is 5.18 Å². The van der Waals surface area contributed by atoms with Crippen LogP contribution in [0.1, 0.15) is 11.6 Å². The molecule has 15 heavy (non-hydrogen) atoms. The van der Waals surface area contributed by atoms with Crippen LogP contribution in [0.5, 0.6) is 0 Å². The van der Waals surface area contributed by atoms with E-state index in [1.165, 1.54) is 5.56 Å². The maximum absolute atomic E-state index is 10.2. The van der Waals surface area contributed by atoms with Gasteiger partial charge in [-0.3, -0.25) is 10.2 Å². The average Bonchev–Trinajstić information content (AvgIpc) is 2.74. The number of fused-ring (bicyclic) bond motifs is 1. The van der Waals surface area contributed by atoms with E-state index in [0.717, 1.165) is 18.8 Å². The number of rotatable bonds is 1. The van der Waals surface area contributed by atoms with E-state index in [4.69, 9.17) is 0 Å². The zero-order valence-electron chi connectivity index (χ0n) is 8.39. The average molecular weight is 222 g/mol. The quantitative estimate of drug-likeness (QED) is 0.742. The van der Waals surface area contributed by atoms with Gasteiger partial charge in [0.05, 0.1) is 0 Å². The zero-order chi connectivity index (χ0) is 10.3. The van der Waals surface area contributed by atoms with Gasteiger partial charge >= 0.3 is 0 Å². The Morgan fingerprint density at radius 1 is 1.40 bits per heavy atom. The number of hydrogen-bond donors (Lipinski definition) is 2. The predicted octanol–water partition coefficient (Wildman–Crippen LogP) is 0.983. The lowest BCUT2D eigenvalue weighted by atomic mass is 10.1. The summed E-state index contributed by atoms with van der Waals surface area (Å²) in [6, 6.07) is 10.6. The molecule has 4 heteroatoms. The van der Waals surface area contributed by atoms with E-state index < -0.39 is 5.18 Å². The molecule has 2 saturated heterocycles. The van der Waals surface area contributed by atoms with Crippen LogP contribution in [0.2, 0.25) is 0 Å². The van der Waals surface area contributed by atoms with Gasteiger partial charge in [-0.15, -0.1) is 0 Å². The Hall–Kier alpha value is -0.550. The second-order valence-corrected chi connectivity index (χ2v) is 5.28. The first-order chi connectivity index (χ1) is 7.28. The molecule has 3 rings (SSSR count). The van der Waals surface area contributed by atoms with Gasteiger partial charge in [-0.05, 0) is 5.56 Å². The third kappa shape index (κ3) is 1.58. The molecule has 0 amide bonds. The van der Waals surface area contributed by atoms with E-state index in [9.17, 15) is 5.11 Å². The highest BCUT2D eigenvalue weighted by molar-refractivity contribution is 8.00. The second-order valence-electron chi connectivity index (χ2n) is 4.01. The Labute approximate surface area is 93.5 Å². The summed E-state index contributed by atoms with van der Waals surface area (Å²) in [7, 11) is 0. The van der Waals surface area contributed by atoms with Crippen molar-refractivity contribution < 1.29 is 5.11 Å². The number of hydrogen-bond acceptors (Lipinski definition) is 4. The molecular weight excluding hydrogens is 208 g/mol. The van der Waals surface area contributed by atoms with E-state index in [0.29, 0.717) is 0 Å². The van der Waals surface area contributed by atoms with Crippen LogP contribution in [0.4, 0.5) is 0 Å². The van der Waals surface area contributed by atoms with Crippen LogP contribution in [-0.2, 0) is 0 Å². The minimum absolute atomic E-state index is 0.254. The summed E-state index contributed by atoms with van der Waals surface area (Å²) in [5.74, 6) is 1.00. The molecule has 0 saturated carbocycles. The smallest absolute Gasteiger partial charge is 0.226 e. The summed E-state index contributed by atoms with van der Waals surface area (Å²) in [6.45, 7) is 1.87. The first kappa shape index (κ1) is 9.66. The summed E-state index contributed by atoms with van der Waals surface area (Å²) in [4.78, 5) is 2.11. The molecule has 1 unspecified atom stereocenters. The van der Waals surface area contributed by atoms with Crippen LogP contribution in [0, 0.1) is 0 Å². The molecule has 1 aromatic carbocycles. The highest BCUT2D eigenvalue weighted by Crippen LogP contribution is 2.39. The molecule has 2 aliphatic heterocycles. The molecule has 2 heterocycles. The van der Waals surface area contributed by atoms with E-state index >= 15 is 0 Å². The lowest BCUT2D eigenvalue weighted by Crippen LogP contribution is -2.44. The molecule has 1 aromatic rings. The van der Waals surface area contributed by atoms with Crippen molar-refractivity contribution in [3.05, 3.63) is 35.9 Å². The lowest BCUT2D eigenvalue weighted by molar-refractivity contribution is 0.000316. The molecule has 0 spiro atoms. The first-order valence-corrected chi connectivity index (χ1v) is 6.20. The van der Waals surface area contributed by atoms with Crippen molar-refractivity contribution >= 4 is 11.8 Å². The van der Waals surface area contributed by atoms with Gasteiger partial charge in [0.15, 0.2) is 0 Å². The van der Waals surface area contributed by atoms with Crippen LogP contribution in [0.3, 0.4) is 0 Å². The summed E-state index contributed by atoms with van der Waals surface area (Å²) < 4.78 is 0. The van der Waals surface area contributed by atoms with E-state index in [1.54, 1.807) is 11.8 Å². The molecule has 0 bridgehead atoms.